The van der Waals surface area contributed by atoms with Gasteiger partial charge in [0.2, 0.25) is 5.91 Å². The van der Waals surface area contributed by atoms with Crippen LogP contribution in [-0.4, -0.2) is 22.9 Å². The van der Waals surface area contributed by atoms with Crippen LogP contribution in [0, 0.1) is 17.2 Å². The van der Waals surface area contributed by atoms with Gasteiger partial charge in [-0.05, 0) is 49.2 Å². The molecule has 0 radical (unpaired) electrons. The zero-order chi connectivity index (χ0) is 17.4. The standard InChI is InChI=1S/C18H15N5OS/c1-23(13-6-2-11(10-19)3-7-13)15-9-8-14-17(21-15)25-18(20-14)22-16(24)12-4-5-12/h2-3,6-9,12H,4-5H2,1H3,(H,20,22,24). The van der Waals surface area contributed by atoms with Gasteiger partial charge in [0.15, 0.2) is 5.13 Å². The topological polar surface area (TPSA) is 81.9 Å². The van der Waals surface area contributed by atoms with Crippen LogP contribution in [-0.2, 0) is 4.79 Å². The largest absolute Gasteiger partial charge is 0.329 e. The minimum atomic E-state index is 0.0500. The van der Waals surface area contributed by atoms with Crippen molar-refractivity contribution in [2.45, 2.75) is 12.8 Å². The van der Waals surface area contributed by atoms with Crippen LogP contribution in [0.15, 0.2) is 36.4 Å². The number of aromatic nitrogens is 2. The van der Waals surface area contributed by atoms with Crippen LogP contribution < -0.4 is 10.2 Å². The summed E-state index contributed by atoms with van der Waals surface area (Å²) in [6.07, 6.45) is 1.93. The van der Waals surface area contributed by atoms with Crippen LogP contribution in [0.4, 0.5) is 16.6 Å². The maximum atomic E-state index is 11.9. The minimum absolute atomic E-state index is 0.0500. The number of fused-ring (bicyclic) bond motifs is 1. The van der Waals surface area contributed by atoms with Crippen LogP contribution in [0.3, 0.4) is 0 Å². The summed E-state index contributed by atoms with van der Waals surface area (Å²) < 4.78 is 0. The van der Waals surface area contributed by atoms with E-state index in [-0.39, 0.29) is 11.8 Å². The molecule has 6 nitrogen and oxygen atoms in total. The average molecular weight is 349 g/mol. The Morgan fingerprint density at radius 2 is 2.00 bits per heavy atom. The molecule has 3 aromatic rings. The summed E-state index contributed by atoms with van der Waals surface area (Å²) >= 11 is 1.38. The number of benzene rings is 1. The number of carbonyl (C=O) groups is 1. The maximum Gasteiger partial charge on any atom is 0.229 e. The van der Waals surface area contributed by atoms with E-state index in [0.29, 0.717) is 10.7 Å². The highest BCUT2D eigenvalue weighted by Gasteiger charge is 2.30. The van der Waals surface area contributed by atoms with E-state index in [1.54, 1.807) is 12.1 Å². The van der Waals surface area contributed by atoms with E-state index in [0.717, 1.165) is 34.7 Å². The fraction of sp³-hybridized carbons (Fsp3) is 0.222. The molecule has 1 saturated carbocycles. The quantitative estimate of drug-likeness (QED) is 0.777. The molecule has 2 heterocycles. The number of thiazole rings is 1. The number of rotatable bonds is 4. The molecule has 1 N–H and O–H groups in total. The minimum Gasteiger partial charge on any atom is -0.329 e. The molecule has 7 heteroatoms. The summed E-state index contributed by atoms with van der Waals surface area (Å²) in [7, 11) is 1.92. The number of pyridine rings is 1. The molecular formula is C18H15N5OS. The zero-order valence-electron chi connectivity index (χ0n) is 13.6. The summed E-state index contributed by atoms with van der Waals surface area (Å²) in [6.45, 7) is 0. The molecule has 2 aromatic heterocycles. The number of nitriles is 1. The summed E-state index contributed by atoms with van der Waals surface area (Å²) in [5.74, 6) is 0.980. The molecule has 0 bridgehead atoms. The third-order valence-electron chi connectivity index (χ3n) is 4.15. The van der Waals surface area contributed by atoms with Gasteiger partial charge in [-0.3, -0.25) is 4.79 Å². The van der Waals surface area contributed by atoms with Gasteiger partial charge in [0, 0.05) is 18.7 Å². The SMILES string of the molecule is CN(c1ccc(C#N)cc1)c1ccc2nc(NC(=O)C3CC3)sc2n1. The Balaban J connectivity index is 1.59. The first-order valence-corrected chi connectivity index (χ1v) is 8.78. The van der Waals surface area contributed by atoms with E-state index in [9.17, 15) is 4.79 Å². The van der Waals surface area contributed by atoms with Crippen LogP contribution >= 0.6 is 11.3 Å². The summed E-state index contributed by atoms with van der Waals surface area (Å²) in [5, 5.41) is 12.4. The Morgan fingerprint density at radius 1 is 1.24 bits per heavy atom. The summed E-state index contributed by atoms with van der Waals surface area (Å²) in [6, 6.07) is 13.2. The van der Waals surface area contributed by atoms with E-state index >= 15 is 0 Å². The van der Waals surface area contributed by atoms with Gasteiger partial charge >= 0.3 is 0 Å². The van der Waals surface area contributed by atoms with E-state index in [2.05, 4.69) is 21.4 Å². The van der Waals surface area contributed by atoms with Crippen molar-refractivity contribution in [2.75, 3.05) is 17.3 Å². The molecule has 0 spiro atoms. The van der Waals surface area contributed by atoms with Gasteiger partial charge in [-0.15, -0.1) is 0 Å². The van der Waals surface area contributed by atoms with Gasteiger partial charge in [0.1, 0.15) is 16.2 Å². The van der Waals surface area contributed by atoms with Crippen molar-refractivity contribution in [1.82, 2.24) is 9.97 Å². The second kappa shape index (κ2) is 6.15. The van der Waals surface area contributed by atoms with Gasteiger partial charge in [0.05, 0.1) is 11.6 Å². The number of amides is 1. The lowest BCUT2D eigenvalue weighted by Gasteiger charge is -2.18. The van der Waals surface area contributed by atoms with Gasteiger partial charge in [0.25, 0.3) is 0 Å². The molecule has 124 valence electrons. The summed E-state index contributed by atoms with van der Waals surface area (Å²) in [4.78, 5) is 23.7. The van der Waals surface area contributed by atoms with Crippen molar-refractivity contribution >= 4 is 44.2 Å². The molecule has 1 amide bonds. The predicted octanol–water partition coefficient (Wildman–Crippen LogP) is 3.68. The van der Waals surface area contributed by atoms with E-state index in [1.807, 2.05) is 36.2 Å². The second-order valence-electron chi connectivity index (χ2n) is 5.99. The molecule has 0 unspecified atom stereocenters. The third-order valence-corrected chi connectivity index (χ3v) is 5.03. The van der Waals surface area contributed by atoms with Crippen LogP contribution in [0.1, 0.15) is 18.4 Å². The molecule has 4 rings (SSSR count). The highest BCUT2D eigenvalue weighted by Crippen LogP contribution is 2.32. The first kappa shape index (κ1) is 15.5. The fourth-order valence-electron chi connectivity index (χ4n) is 2.49. The number of anilines is 3. The molecule has 1 aliphatic carbocycles. The van der Waals surface area contributed by atoms with Crippen molar-refractivity contribution in [3.63, 3.8) is 0 Å². The zero-order valence-corrected chi connectivity index (χ0v) is 14.4. The molecule has 0 aliphatic heterocycles. The molecule has 25 heavy (non-hydrogen) atoms. The molecule has 0 atom stereocenters. The number of nitrogens with zero attached hydrogens (tertiary/aromatic N) is 4. The molecular weight excluding hydrogens is 334 g/mol. The lowest BCUT2D eigenvalue weighted by Crippen LogP contribution is -2.12. The second-order valence-corrected chi connectivity index (χ2v) is 6.97. The first-order chi connectivity index (χ1) is 12.1. The number of hydrogen-bond donors (Lipinski definition) is 1. The Hall–Kier alpha value is -2.98. The van der Waals surface area contributed by atoms with Crippen LogP contribution in [0.25, 0.3) is 10.3 Å². The monoisotopic (exact) mass is 349 g/mol. The Kier molecular flexibility index (Phi) is 3.82. The number of hydrogen-bond acceptors (Lipinski definition) is 6. The van der Waals surface area contributed by atoms with Crippen molar-refractivity contribution in [3.8, 4) is 6.07 Å². The smallest absolute Gasteiger partial charge is 0.229 e. The lowest BCUT2D eigenvalue weighted by molar-refractivity contribution is -0.117. The molecule has 0 saturated heterocycles. The predicted molar refractivity (Wildman–Crippen MR) is 98.0 cm³/mol. The highest BCUT2D eigenvalue weighted by atomic mass is 32.1. The van der Waals surface area contributed by atoms with Crippen molar-refractivity contribution in [3.05, 3.63) is 42.0 Å². The van der Waals surface area contributed by atoms with Crippen molar-refractivity contribution in [2.24, 2.45) is 5.92 Å². The normalized spacial score (nSPS) is 13.4. The van der Waals surface area contributed by atoms with Gasteiger partial charge in [-0.25, -0.2) is 9.97 Å². The van der Waals surface area contributed by atoms with Gasteiger partial charge in [-0.2, -0.15) is 5.26 Å². The Morgan fingerprint density at radius 3 is 2.68 bits per heavy atom. The summed E-state index contributed by atoms with van der Waals surface area (Å²) in [5.41, 5.74) is 2.34. The fourth-order valence-corrected chi connectivity index (χ4v) is 3.33. The Labute approximate surface area is 148 Å². The van der Waals surface area contributed by atoms with E-state index in [4.69, 9.17) is 5.26 Å². The molecule has 1 aliphatic rings. The third kappa shape index (κ3) is 3.16. The molecule has 1 fully saturated rings. The van der Waals surface area contributed by atoms with E-state index < -0.39 is 0 Å². The lowest BCUT2D eigenvalue weighted by atomic mass is 10.2. The first-order valence-electron chi connectivity index (χ1n) is 7.96. The van der Waals surface area contributed by atoms with Crippen LogP contribution in [0.2, 0.25) is 0 Å². The van der Waals surface area contributed by atoms with Crippen LogP contribution in [0.5, 0.6) is 0 Å². The number of carbonyl (C=O) groups excluding carboxylic acids is 1. The van der Waals surface area contributed by atoms with E-state index in [1.165, 1.54) is 11.3 Å². The average Bonchev–Trinajstić information content (AvgIpc) is 3.41. The maximum absolute atomic E-state index is 11.9. The highest BCUT2D eigenvalue weighted by molar-refractivity contribution is 7.22. The Bertz CT molecular complexity index is 985. The van der Waals surface area contributed by atoms with Gasteiger partial charge in [-0.1, -0.05) is 11.3 Å². The van der Waals surface area contributed by atoms with Crippen molar-refractivity contribution < 1.29 is 4.79 Å². The van der Waals surface area contributed by atoms with Gasteiger partial charge < -0.3 is 10.2 Å². The molecule has 1 aromatic carbocycles. The number of nitrogens with one attached hydrogen (secondary N) is 1. The van der Waals surface area contributed by atoms with Crippen molar-refractivity contribution in [1.29, 1.82) is 5.26 Å².